The fourth-order valence-electron chi connectivity index (χ4n) is 4.31. The zero-order chi connectivity index (χ0) is 22.2. The molecular weight excluding hydrogens is 477 g/mol. The van der Waals surface area contributed by atoms with Gasteiger partial charge in [-0.3, -0.25) is 0 Å². The highest BCUT2D eigenvalue weighted by Gasteiger charge is 2.43. The van der Waals surface area contributed by atoms with Crippen molar-refractivity contribution in [1.29, 1.82) is 0 Å². The van der Waals surface area contributed by atoms with Gasteiger partial charge in [0.2, 0.25) is 0 Å². The van der Waals surface area contributed by atoms with Crippen molar-refractivity contribution in [2.75, 3.05) is 0 Å². The van der Waals surface area contributed by atoms with Crippen LogP contribution in [0.15, 0.2) is 147 Å². The summed E-state index contributed by atoms with van der Waals surface area (Å²) in [5, 5.41) is 2.65. The van der Waals surface area contributed by atoms with Crippen molar-refractivity contribution < 1.29 is 0 Å². The van der Waals surface area contributed by atoms with Crippen molar-refractivity contribution in [1.82, 2.24) is 0 Å². The minimum absolute atomic E-state index is 0.0471. The Morgan fingerprint density at radius 2 is 1.00 bits per heavy atom. The molecule has 6 rings (SSSR count). The molecule has 0 aliphatic carbocycles. The summed E-state index contributed by atoms with van der Waals surface area (Å²) in [6.45, 7) is 2.31. The molecule has 2 aliphatic rings. The van der Waals surface area contributed by atoms with Crippen LogP contribution in [0.5, 0.6) is 0 Å². The van der Waals surface area contributed by atoms with Crippen LogP contribution < -0.4 is 0 Å². The first-order chi connectivity index (χ1) is 16.3. The monoisotopic (exact) mass is 500 g/mol. The number of benzene rings is 4. The summed E-state index contributed by atoms with van der Waals surface area (Å²) < 4.78 is 0. The molecule has 33 heavy (non-hydrogen) atoms. The van der Waals surface area contributed by atoms with Gasteiger partial charge in [0.05, 0.1) is 30.5 Å². The summed E-state index contributed by atoms with van der Waals surface area (Å²) in [7, 11) is -0.111. The Kier molecular flexibility index (Phi) is 6.10. The van der Waals surface area contributed by atoms with E-state index in [1.54, 1.807) is 4.91 Å². The van der Waals surface area contributed by atoms with Crippen molar-refractivity contribution in [3.63, 3.8) is 0 Å². The van der Waals surface area contributed by atoms with Gasteiger partial charge < -0.3 is 0 Å². The molecule has 0 bridgehead atoms. The highest BCUT2D eigenvalue weighted by Crippen LogP contribution is 2.51. The molecule has 2 aliphatic heterocycles. The zero-order valence-corrected chi connectivity index (χ0v) is 21.6. The maximum Gasteiger partial charge on any atom is 0.191 e. The SMILES string of the molecule is CCC/C(=C\[S+]1c2ccccc2Sc2ccccc21)[S+]1c2ccccc2Sc2ccccc21. The standard InChI is InChI=1S/C29H24S4/c1-2-11-21(33-28-18-9-5-14-24(28)31-25-15-6-10-19-29(25)33)20-32-26-16-7-3-12-22(26)30-23-13-4-8-17-27(23)32/h3-10,12-20H,2,11H2,1H3/q+2/b21-20+. The van der Waals surface area contributed by atoms with Crippen molar-refractivity contribution in [3.8, 4) is 0 Å². The fourth-order valence-corrected chi connectivity index (χ4v) is 12.3. The number of rotatable bonds is 4. The van der Waals surface area contributed by atoms with Gasteiger partial charge in [-0.05, 0) is 55.0 Å². The van der Waals surface area contributed by atoms with Gasteiger partial charge >= 0.3 is 0 Å². The first-order valence-corrected chi connectivity index (χ1v) is 15.4. The molecule has 0 spiro atoms. The zero-order valence-electron chi connectivity index (χ0n) is 18.4. The lowest BCUT2D eigenvalue weighted by molar-refractivity contribution is 0.942. The maximum atomic E-state index is 2.65. The summed E-state index contributed by atoms with van der Waals surface area (Å²) in [4.78, 5) is 13.1. The van der Waals surface area contributed by atoms with Gasteiger partial charge in [0, 0.05) is 6.42 Å². The Morgan fingerprint density at radius 3 is 1.45 bits per heavy atom. The highest BCUT2D eigenvalue weighted by atomic mass is 32.2. The number of fused-ring (bicyclic) bond motifs is 4. The lowest BCUT2D eigenvalue weighted by Gasteiger charge is -2.21. The van der Waals surface area contributed by atoms with Crippen LogP contribution in [0, 0.1) is 0 Å². The molecule has 0 amide bonds. The smallest absolute Gasteiger partial charge is 0.0795 e. The number of hydrogen-bond donors (Lipinski definition) is 0. The molecule has 2 heterocycles. The first-order valence-electron chi connectivity index (χ1n) is 11.2. The molecule has 162 valence electrons. The van der Waals surface area contributed by atoms with Crippen LogP contribution in [0.1, 0.15) is 19.8 Å². The van der Waals surface area contributed by atoms with Crippen LogP contribution in [0.4, 0.5) is 0 Å². The Bertz CT molecular complexity index is 1270. The van der Waals surface area contributed by atoms with Crippen molar-refractivity contribution in [3.05, 3.63) is 107 Å². The predicted octanol–water partition coefficient (Wildman–Crippen LogP) is 9.03. The predicted molar refractivity (Wildman–Crippen MR) is 145 cm³/mol. The van der Waals surface area contributed by atoms with E-state index in [-0.39, 0.29) is 21.8 Å². The van der Waals surface area contributed by atoms with Crippen molar-refractivity contribution in [2.45, 2.75) is 58.9 Å². The van der Waals surface area contributed by atoms with E-state index >= 15 is 0 Å². The summed E-state index contributed by atoms with van der Waals surface area (Å²) in [5.74, 6) is 0. The van der Waals surface area contributed by atoms with Crippen LogP contribution in [-0.2, 0) is 21.8 Å². The van der Waals surface area contributed by atoms with Crippen LogP contribution in [0.25, 0.3) is 0 Å². The van der Waals surface area contributed by atoms with Crippen molar-refractivity contribution >= 4 is 45.3 Å². The van der Waals surface area contributed by atoms with Gasteiger partial charge in [-0.1, -0.05) is 79.0 Å². The third kappa shape index (κ3) is 3.97. The van der Waals surface area contributed by atoms with Crippen LogP contribution >= 0.6 is 23.5 Å². The molecule has 0 atom stereocenters. The average Bonchev–Trinajstić information content (AvgIpc) is 2.86. The largest absolute Gasteiger partial charge is 0.191 e. The third-order valence-electron chi connectivity index (χ3n) is 5.76. The van der Waals surface area contributed by atoms with Gasteiger partial charge in [-0.2, -0.15) is 0 Å². The quantitative estimate of drug-likeness (QED) is 0.256. The van der Waals surface area contributed by atoms with Crippen LogP contribution in [0.3, 0.4) is 0 Å². The molecule has 0 N–H and O–H groups in total. The van der Waals surface area contributed by atoms with Gasteiger partial charge in [-0.25, -0.2) is 0 Å². The van der Waals surface area contributed by atoms with E-state index in [1.807, 2.05) is 23.5 Å². The number of allylic oxidation sites excluding steroid dienone is 1. The van der Waals surface area contributed by atoms with E-state index < -0.39 is 0 Å². The fraction of sp³-hybridized carbons (Fsp3) is 0.103. The second-order valence-corrected chi connectivity index (χ2v) is 13.9. The molecule has 4 aromatic carbocycles. The molecule has 0 radical (unpaired) electrons. The average molecular weight is 501 g/mol. The summed E-state index contributed by atoms with van der Waals surface area (Å²) in [6, 6.07) is 36.1. The minimum Gasteiger partial charge on any atom is -0.0795 e. The molecule has 0 nitrogen and oxygen atoms in total. The Hall–Kier alpha value is -1.98. The summed E-state index contributed by atoms with van der Waals surface area (Å²) >= 11 is 3.84. The lowest BCUT2D eigenvalue weighted by atomic mass is 10.3. The van der Waals surface area contributed by atoms with E-state index in [0.29, 0.717) is 0 Å². The Balaban J connectivity index is 1.56. The molecule has 4 heteroatoms. The maximum absolute atomic E-state index is 2.65. The topological polar surface area (TPSA) is 0 Å². The van der Waals surface area contributed by atoms with Crippen LogP contribution in [0.2, 0.25) is 0 Å². The Morgan fingerprint density at radius 1 is 0.606 bits per heavy atom. The van der Waals surface area contributed by atoms with Gasteiger partial charge in [-0.15, -0.1) is 0 Å². The molecule has 0 saturated carbocycles. The summed E-state index contributed by atoms with van der Waals surface area (Å²) in [5.41, 5.74) is 0. The van der Waals surface area contributed by atoms with E-state index in [2.05, 4.69) is 109 Å². The second-order valence-electron chi connectivity index (χ2n) is 7.97. The van der Waals surface area contributed by atoms with E-state index in [0.717, 1.165) is 12.8 Å². The van der Waals surface area contributed by atoms with E-state index in [9.17, 15) is 0 Å². The molecule has 4 aromatic rings. The molecular formula is C29H24S4+2. The molecule has 0 fully saturated rings. The Labute approximate surface area is 210 Å². The molecule has 0 saturated heterocycles. The number of hydrogen-bond acceptors (Lipinski definition) is 2. The lowest BCUT2D eigenvalue weighted by Crippen LogP contribution is -2.15. The van der Waals surface area contributed by atoms with Gasteiger partial charge in [0.25, 0.3) is 0 Å². The second kappa shape index (κ2) is 9.34. The first kappa shape index (κ1) is 21.5. The minimum atomic E-state index is -0.0641. The van der Waals surface area contributed by atoms with Crippen LogP contribution in [-0.4, -0.2) is 0 Å². The molecule has 0 aromatic heterocycles. The van der Waals surface area contributed by atoms with E-state index in [4.69, 9.17) is 0 Å². The van der Waals surface area contributed by atoms with Gasteiger partial charge in [0.1, 0.15) is 10.9 Å². The highest BCUT2D eigenvalue weighted by molar-refractivity contribution is 8.07. The molecule has 0 unspecified atom stereocenters. The summed E-state index contributed by atoms with van der Waals surface area (Å²) in [6.07, 6.45) is 2.28. The third-order valence-corrected chi connectivity index (χ3v) is 13.3. The van der Waals surface area contributed by atoms with Gasteiger partial charge in [0.15, 0.2) is 29.9 Å². The normalized spacial score (nSPS) is 15.4. The van der Waals surface area contributed by atoms with E-state index in [1.165, 1.54) is 39.2 Å². The van der Waals surface area contributed by atoms with Crippen molar-refractivity contribution in [2.24, 2.45) is 0 Å².